The van der Waals surface area contributed by atoms with E-state index in [-0.39, 0.29) is 5.91 Å². The molecule has 1 amide bonds. The maximum Gasteiger partial charge on any atom is 0.250 e. The second-order valence-corrected chi connectivity index (χ2v) is 6.20. The lowest BCUT2D eigenvalue weighted by molar-refractivity contribution is -0.118. The van der Waals surface area contributed by atoms with Crippen LogP contribution in [0.25, 0.3) is 0 Å². The van der Waals surface area contributed by atoms with E-state index in [0.29, 0.717) is 21.6 Å². The highest BCUT2D eigenvalue weighted by Gasteiger charge is 2.03. The maximum absolute atomic E-state index is 11.7. The fraction of sp³-hybridized carbons (Fsp3) is 0.125. The number of halogens is 2. The van der Waals surface area contributed by atoms with Gasteiger partial charge in [-0.2, -0.15) is 5.10 Å². The van der Waals surface area contributed by atoms with Crippen molar-refractivity contribution < 1.29 is 4.79 Å². The van der Waals surface area contributed by atoms with Gasteiger partial charge < -0.3 is 0 Å². The summed E-state index contributed by atoms with van der Waals surface area (Å²) >= 11 is 13.5. The van der Waals surface area contributed by atoms with Crippen molar-refractivity contribution in [3.8, 4) is 0 Å². The number of hydrogen-bond acceptors (Lipinski definition) is 3. The average Bonchev–Trinajstić information content (AvgIpc) is 2.51. The van der Waals surface area contributed by atoms with E-state index >= 15 is 0 Å². The lowest BCUT2D eigenvalue weighted by Crippen LogP contribution is -2.19. The van der Waals surface area contributed by atoms with Crippen LogP contribution in [0.1, 0.15) is 11.1 Å². The Labute approximate surface area is 143 Å². The molecule has 0 aliphatic heterocycles. The van der Waals surface area contributed by atoms with E-state index in [1.807, 2.05) is 42.5 Å². The highest BCUT2D eigenvalue weighted by molar-refractivity contribution is 7.99. The van der Waals surface area contributed by atoms with Gasteiger partial charge >= 0.3 is 0 Å². The zero-order valence-corrected chi connectivity index (χ0v) is 14.0. The SMILES string of the molecule is O=C(CSCc1ccccc1Cl)N/N=C\c1ccccc1Cl. The Balaban J connectivity index is 1.75. The standard InChI is InChI=1S/C16H14Cl2N2OS/c17-14-7-3-1-5-12(14)9-19-20-16(21)11-22-10-13-6-2-4-8-15(13)18/h1-9H,10-11H2,(H,20,21)/b19-9-. The lowest BCUT2D eigenvalue weighted by Gasteiger charge is -2.03. The molecule has 0 unspecified atom stereocenters. The molecule has 0 spiro atoms. The van der Waals surface area contributed by atoms with Crippen molar-refractivity contribution in [3.63, 3.8) is 0 Å². The summed E-state index contributed by atoms with van der Waals surface area (Å²) in [5.74, 6) is 0.826. The van der Waals surface area contributed by atoms with Crippen molar-refractivity contribution >= 4 is 47.1 Å². The van der Waals surface area contributed by atoms with Crippen molar-refractivity contribution in [1.82, 2.24) is 5.43 Å². The number of benzene rings is 2. The van der Waals surface area contributed by atoms with Crippen LogP contribution in [0.15, 0.2) is 53.6 Å². The van der Waals surface area contributed by atoms with Crippen LogP contribution in [-0.2, 0) is 10.5 Å². The topological polar surface area (TPSA) is 41.5 Å². The van der Waals surface area contributed by atoms with Gasteiger partial charge in [0.05, 0.1) is 12.0 Å². The first-order valence-corrected chi connectivity index (χ1v) is 8.45. The fourth-order valence-corrected chi connectivity index (χ4v) is 2.94. The number of thioether (sulfide) groups is 1. The number of amides is 1. The van der Waals surface area contributed by atoms with E-state index in [1.54, 1.807) is 6.07 Å². The van der Waals surface area contributed by atoms with Crippen LogP contribution in [-0.4, -0.2) is 17.9 Å². The van der Waals surface area contributed by atoms with Gasteiger partial charge in [-0.15, -0.1) is 11.8 Å². The Kier molecular flexibility index (Phi) is 6.77. The predicted octanol–water partition coefficient (Wildman–Crippen LogP) is 4.38. The van der Waals surface area contributed by atoms with Gasteiger partial charge in [0.25, 0.3) is 0 Å². The molecule has 6 heteroatoms. The first-order valence-electron chi connectivity index (χ1n) is 6.54. The summed E-state index contributed by atoms with van der Waals surface area (Å²) in [4.78, 5) is 11.7. The molecule has 2 aromatic rings. The monoisotopic (exact) mass is 352 g/mol. The highest BCUT2D eigenvalue weighted by atomic mass is 35.5. The van der Waals surface area contributed by atoms with Crippen LogP contribution in [0, 0.1) is 0 Å². The number of hydrazone groups is 1. The number of rotatable bonds is 6. The molecule has 2 rings (SSSR count). The van der Waals surface area contributed by atoms with E-state index in [0.717, 1.165) is 11.1 Å². The molecule has 0 saturated carbocycles. The third kappa shape index (κ3) is 5.37. The largest absolute Gasteiger partial charge is 0.272 e. The van der Waals surface area contributed by atoms with Crippen LogP contribution in [0.3, 0.4) is 0 Å². The van der Waals surface area contributed by atoms with Gasteiger partial charge in [-0.05, 0) is 17.7 Å². The Morgan fingerprint density at radius 1 is 1.09 bits per heavy atom. The molecule has 1 N–H and O–H groups in total. The zero-order valence-electron chi connectivity index (χ0n) is 11.6. The molecule has 0 heterocycles. The third-order valence-electron chi connectivity index (χ3n) is 2.75. The molecule has 22 heavy (non-hydrogen) atoms. The summed E-state index contributed by atoms with van der Waals surface area (Å²) in [5, 5.41) is 5.20. The fourth-order valence-electron chi connectivity index (χ4n) is 1.66. The van der Waals surface area contributed by atoms with Crippen molar-refractivity contribution in [2.45, 2.75) is 5.75 Å². The zero-order chi connectivity index (χ0) is 15.8. The normalized spacial score (nSPS) is 10.8. The molecule has 0 bridgehead atoms. The predicted molar refractivity (Wildman–Crippen MR) is 94.8 cm³/mol. The number of hydrogen-bond donors (Lipinski definition) is 1. The maximum atomic E-state index is 11.7. The molecule has 0 atom stereocenters. The van der Waals surface area contributed by atoms with Crippen LogP contribution in [0.4, 0.5) is 0 Å². The molecule has 0 saturated heterocycles. The molecule has 0 fully saturated rings. The number of carbonyl (C=O) groups excluding carboxylic acids is 1. The second kappa shape index (κ2) is 8.83. The Morgan fingerprint density at radius 2 is 1.77 bits per heavy atom. The Morgan fingerprint density at radius 3 is 2.50 bits per heavy atom. The second-order valence-electron chi connectivity index (χ2n) is 4.40. The van der Waals surface area contributed by atoms with Gasteiger partial charge in [-0.25, -0.2) is 5.43 Å². The van der Waals surface area contributed by atoms with Crippen molar-refractivity contribution in [1.29, 1.82) is 0 Å². The van der Waals surface area contributed by atoms with E-state index in [1.165, 1.54) is 18.0 Å². The number of nitrogens with one attached hydrogen (secondary N) is 1. The molecule has 2 aromatic carbocycles. The first kappa shape index (κ1) is 16.9. The molecule has 0 aliphatic carbocycles. The van der Waals surface area contributed by atoms with Crippen LogP contribution < -0.4 is 5.43 Å². The van der Waals surface area contributed by atoms with Gasteiger partial charge in [0.15, 0.2) is 0 Å². The molecular formula is C16H14Cl2N2OS. The van der Waals surface area contributed by atoms with E-state index in [2.05, 4.69) is 10.5 Å². The Hall–Kier alpha value is -1.49. The minimum Gasteiger partial charge on any atom is -0.272 e. The minimum atomic E-state index is -0.166. The lowest BCUT2D eigenvalue weighted by atomic mass is 10.2. The molecule has 0 aromatic heterocycles. The van der Waals surface area contributed by atoms with Gasteiger partial charge in [0.1, 0.15) is 0 Å². The van der Waals surface area contributed by atoms with Crippen molar-refractivity contribution in [2.75, 3.05) is 5.75 Å². The molecular weight excluding hydrogens is 339 g/mol. The minimum absolute atomic E-state index is 0.166. The highest BCUT2D eigenvalue weighted by Crippen LogP contribution is 2.20. The summed E-state index contributed by atoms with van der Waals surface area (Å²) in [7, 11) is 0. The van der Waals surface area contributed by atoms with E-state index in [9.17, 15) is 4.79 Å². The van der Waals surface area contributed by atoms with E-state index in [4.69, 9.17) is 23.2 Å². The van der Waals surface area contributed by atoms with Crippen molar-refractivity contribution in [3.05, 3.63) is 69.7 Å². The van der Waals surface area contributed by atoms with Gasteiger partial charge in [0.2, 0.25) is 5.91 Å². The van der Waals surface area contributed by atoms with Crippen molar-refractivity contribution in [2.24, 2.45) is 5.10 Å². The van der Waals surface area contributed by atoms with E-state index < -0.39 is 0 Å². The Bertz CT molecular complexity index is 677. The molecule has 114 valence electrons. The molecule has 0 aliphatic rings. The van der Waals surface area contributed by atoms with Gasteiger partial charge in [-0.3, -0.25) is 4.79 Å². The van der Waals surface area contributed by atoms with Crippen LogP contribution in [0.2, 0.25) is 10.0 Å². The quantitative estimate of drug-likeness (QED) is 0.619. The summed E-state index contributed by atoms with van der Waals surface area (Å²) in [6, 6.07) is 14.9. The van der Waals surface area contributed by atoms with Crippen LogP contribution >= 0.6 is 35.0 Å². The van der Waals surface area contributed by atoms with Crippen LogP contribution in [0.5, 0.6) is 0 Å². The summed E-state index contributed by atoms with van der Waals surface area (Å²) < 4.78 is 0. The first-order chi connectivity index (χ1) is 10.7. The summed E-state index contributed by atoms with van der Waals surface area (Å²) in [5.41, 5.74) is 4.25. The number of carbonyl (C=O) groups is 1. The van der Waals surface area contributed by atoms with Gasteiger partial charge in [0, 0.05) is 21.4 Å². The smallest absolute Gasteiger partial charge is 0.250 e. The summed E-state index contributed by atoms with van der Waals surface area (Å²) in [6.07, 6.45) is 1.53. The molecule has 3 nitrogen and oxygen atoms in total. The molecule has 0 radical (unpaired) electrons. The average molecular weight is 353 g/mol. The number of nitrogens with zero attached hydrogens (tertiary/aromatic N) is 1. The third-order valence-corrected chi connectivity index (χ3v) is 4.44. The summed E-state index contributed by atoms with van der Waals surface area (Å²) in [6.45, 7) is 0. The van der Waals surface area contributed by atoms with Gasteiger partial charge in [-0.1, -0.05) is 59.6 Å².